The number of para-hydroxylation sites is 1. The Balaban J connectivity index is 1.24. The number of thioether (sulfide) groups is 1. The molecule has 3 fully saturated rings. The van der Waals surface area contributed by atoms with Gasteiger partial charge in [-0.1, -0.05) is 68.8 Å². The molecule has 560 valence electrons. The molecule has 19 N–H and O–H groups in total. The first kappa shape index (κ1) is 81.7. The van der Waals surface area contributed by atoms with Crippen LogP contribution < -0.4 is 69.5 Å². The number of aromatic amines is 1. The van der Waals surface area contributed by atoms with Crippen LogP contribution in [0.25, 0.3) is 10.9 Å². The summed E-state index contributed by atoms with van der Waals surface area (Å²) in [6.07, 6.45) is -1.40. The molecule has 102 heavy (non-hydrogen) atoms. The lowest BCUT2D eigenvalue weighted by Crippen LogP contribution is -2.64. The molecule has 0 saturated carbocycles. The number of aliphatic carboxylic acids is 1. The van der Waals surface area contributed by atoms with Gasteiger partial charge in [-0.15, -0.1) is 0 Å². The minimum Gasteiger partial charge on any atom is -0.481 e. The quantitative estimate of drug-likeness (QED) is 0.0280. The maximum Gasteiger partial charge on any atom is 0.315 e. The third-order valence-corrected chi connectivity index (χ3v) is 19.0. The van der Waals surface area contributed by atoms with Crippen LogP contribution in [0, 0.1) is 5.92 Å². The summed E-state index contributed by atoms with van der Waals surface area (Å²) < 4.78 is 5.65. The van der Waals surface area contributed by atoms with Crippen LogP contribution in [0.4, 0.5) is 4.79 Å². The number of urea groups is 1. The van der Waals surface area contributed by atoms with E-state index in [1.54, 1.807) is 86.4 Å². The highest BCUT2D eigenvalue weighted by Crippen LogP contribution is 2.33. The van der Waals surface area contributed by atoms with Gasteiger partial charge in [0.05, 0.1) is 43.9 Å². The van der Waals surface area contributed by atoms with E-state index >= 15 is 0 Å². The third kappa shape index (κ3) is 26.3. The van der Waals surface area contributed by atoms with Gasteiger partial charge in [-0.3, -0.25) is 62.3 Å². The average Bonchev–Trinajstić information content (AvgIpc) is 1.70. The largest absolute Gasteiger partial charge is 0.481 e. The Morgan fingerprint density at radius 1 is 0.598 bits per heavy atom. The second kappa shape index (κ2) is 41.0. The van der Waals surface area contributed by atoms with Crippen molar-refractivity contribution in [3.63, 3.8) is 0 Å². The molecule has 34 heteroatoms. The molecule has 0 spiro atoms. The molecular weight excluding hydrogens is 1350 g/mol. The Morgan fingerprint density at radius 3 is 1.86 bits per heavy atom. The lowest BCUT2D eigenvalue weighted by Gasteiger charge is -2.29. The number of nitrogens with one attached hydrogen (secondary N) is 13. The van der Waals surface area contributed by atoms with E-state index in [1.165, 1.54) is 0 Å². The molecule has 3 saturated heterocycles. The number of Topliss-reactive ketones (excluding diaryl/α,β-unsaturated/α-hetero) is 1. The Labute approximate surface area is 594 Å². The van der Waals surface area contributed by atoms with Crippen molar-refractivity contribution >= 4 is 105 Å². The van der Waals surface area contributed by atoms with Crippen LogP contribution in [0.1, 0.15) is 129 Å². The van der Waals surface area contributed by atoms with Crippen molar-refractivity contribution in [2.75, 3.05) is 32.1 Å². The number of hydrogen-bond donors (Lipinski definition) is 18. The van der Waals surface area contributed by atoms with E-state index < -0.39 is 157 Å². The number of carbonyl (C=O) groups excluding carboxylic acids is 13. The minimum absolute atomic E-state index is 0.0467. The number of primary amides is 1. The van der Waals surface area contributed by atoms with E-state index in [0.29, 0.717) is 41.3 Å². The SMILES string of the molecule is CC(C)C[C@@H]1NC(=O)[C@H](CCC(N)=O)NC(=O)[C@H](Cc2ccccc2)NC(=O)[C@H](Cc2c[nH]c3ccccc23)NC(=O)[C@H]([C@@H](C)O)NC(=O)[C@H]([C@@H](C)O)NC(=O)[C@H](CC(=O)O)NC(=O)[C@H](CO)NC(=O)[C@@H](NC(=O)CCOCCCC(=O)CCCC[C@@H]2SC[C@@H]3NC(=O)N[C@@H]32)CCCCNC1=O. The highest BCUT2D eigenvalue weighted by atomic mass is 32.2. The van der Waals surface area contributed by atoms with Gasteiger partial charge in [-0.2, -0.15) is 11.8 Å². The summed E-state index contributed by atoms with van der Waals surface area (Å²) in [6, 6.07) is -0.217. The molecule has 0 bridgehead atoms. The highest BCUT2D eigenvalue weighted by molar-refractivity contribution is 8.00. The molecule has 3 aliphatic heterocycles. The first-order chi connectivity index (χ1) is 48.6. The van der Waals surface area contributed by atoms with E-state index in [4.69, 9.17) is 10.5 Å². The van der Waals surface area contributed by atoms with Gasteiger partial charge in [-0.05, 0) is 88.3 Å². The summed E-state index contributed by atoms with van der Waals surface area (Å²) in [5, 5.41) is 73.9. The van der Waals surface area contributed by atoms with Crippen molar-refractivity contribution in [2.24, 2.45) is 11.7 Å². The van der Waals surface area contributed by atoms with E-state index in [9.17, 15) is 87.5 Å². The number of carboxylic acid groups (broad SMARTS) is 1. The zero-order valence-corrected chi connectivity index (χ0v) is 58.5. The van der Waals surface area contributed by atoms with E-state index in [-0.39, 0.29) is 113 Å². The van der Waals surface area contributed by atoms with Crippen LogP contribution in [-0.2, 0) is 79.9 Å². The molecule has 0 aliphatic carbocycles. The third-order valence-electron chi connectivity index (χ3n) is 17.5. The zero-order valence-electron chi connectivity index (χ0n) is 57.7. The van der Waals surface area contributed by atoms with Crippen molar-refractivity contribution in [1.82, 2.24) is 68.8 Å². The number of carbonyl (C=O) groups is 14. The topological polar surface area (TPSA) is 515 Å². The maximum absolute atomic E-state index is 14.9. The first-order valence-electron chi connectivity index (χ1n) is 34.4. The van der Waals surface area contributed by atoms with Crippen LogP contribution in [0.5, 0.6) is 0 Å². The number of nitrogens with two attached hydrogens (primary N) is 1. The molecule has 3 aliphatic rings. The summed E-state index contributed by atoms with van der Waals surface area (Å²) in [7, 11) is 0. The second-order valence-electron chi connectivity index (χ2n) is 26.3. The highest BCUT2D eigenvalue weighted by Gasteiger charge is 2.43. The number of rotatable bonds is 27. The summed E-state index contributed by atoms with van der Waals surface area (Å²) in [5.74, 6) is -12.4. The molecule has 33 nitrogen and oxygen atoms in total. The smallest absolute Gasteiger partial charge is 0.315 e. The Hall–Kier alpha value is -9.25. The maximum atomic E-state index is 14.9. The van der Waals surface area contributed by atoms with Crippen LogP contribution in [0.15, 0.2) is 60.8 Å². The molecule has 1 aromatic heterocycles. The Bertz CT molecular complexity index is 3410. The Morgan fingerprint density at radius 2 is 1.19 bits per heavy atom. The number of amides is 13. The number of carboxylic acids is 1. The number of ketones is 1. The van der Waals surface area contributed by atoms with Crippen LogP contribution in [0.3, 0.4) is 0 Å². The number of benzene rings is 2. The van der Waals surface area contributed by atoms with Gasteiger partial charge in [0, 0.05) is 79.8 Å². The Kier molecular flexibility index (Phi) is 32.8. The summed E-state index contributed by atoms with van der Waals surface area (Å²) >= 11 is 1.80. The normalized spacial score (nSPS) is 25.6. The van der Waals surface area contributed by atoms with Gasteiger partial charge in [0.25, 0.3) is 0 Å². The van der Waals surface area contributed by atoms with Crippen LogP contribution >= 0.6 is 11.8 Å². The molecular formula is C68H98N14O19S. The first-order valence-corrected chi connectivity index (χ1v) is 35.5. The van der Waals surface area contributed by atoms with Gasteiger partial charge < -0.3 is 99.7 Å². The number of unbranched alkanes of at least 4 members (excludes halogenated alkanes) is 1. The van der Waals surface area contributed by atoms with E-state index in [2.05, 4.69) is 68.8 Å². The fraction of sp³-hybridized carbons (Fsp3) is 0.588. The number of H-pyrrole nitrogens is 1. The summed E-state index contributed by atoms with van der Waals surface area (Å²) in [6.45, 7) is 4.46. The number of aromatic nitrogens is 1. The predicted molar refractivity (Wildman–Crippen MR) is 371 cm³/mol. The molecule has 2 aromatic carbocycles. The van der Waals surface area contributed by atoms with Crippen molar-refractivity contribution in [1.29, 1.82) is 0 Å². The van der Waals surface area contributed by atoms with Gasteiger partial charge in [0.2, 0.25) is 65.0 Å². The fourth-order valence-electron chi connectivity index (χ4n) is 12.0. The number of aliphatic hydroxyl groups excluding tert-OH is 3. The number of aliphatic hydroxyl groups is 3. The monoisotopic (exact) mass is 1450 g/mol. The molecule has 0 radical (unpaired) electrons. The van der Waals surface area contributed by atoms with E-state index in [1.807, 2.05) is 0 Å². The standard InChI is InChI=1S/C68H98N14O19S/c1-36(2)29-46-59(91)70-26-13-12-21-44(72-54(88)25-28-101-27-14-18-41(86)17-8-11-22-52-58-51(35-102-52)79-68(100)82-58)60(92)78-50(34-83)65(97)76-49(32-55(89)90)64(96)80-57(38(4)85)67(99)81-56(37(3)84)66(98)77-48(31-40-33-71-43-20-10-9-19-42(40)43)63(95)75-47(30-39-15-6-5-7-16-39)62(94)73-45(61(93)74-46)23-24-53(69)87/h5-7,9-10,15-16,19-20,33,36-38,44-52,56-58,71,83-85H,8,11-14,17-18,21-32,34-35H2,1-4H3,(H2,69,87)(H,70,91)(H,72,88)(H,73,94)(H,74,93)(H,75,95)(H,76,97)(H,77,98)(H,78,92)(H,80,96)(H,81,99)(H,89,90)(H2,79,82,100)/t37-,38-,44+,45+,46+,47+,48+,49+,50+,51+,52+,56+,57+,58+/m1/s1. The van der Waals surface area contributed by atoms with Crippen molar-refractivity contribution in [3.8, 4) is 0 Å². The lowest BCUT2D eigenvalue weighted by molar-refractivity contribution is -0.142. The molecule has 14 atom stereocenters. The predicted octanol–water partition coefficient (Wildman–Crippen LogP) is -2.36. The molecule has 0 unspecified atom stereocenters. The number of ether oxygens (including phenoxy) is 1. The van der Waals surface area contributed by atoms with Gasteiger partial charge >= 0.3 is 12.0 Å². The second-order valence-corrected chi connectivity index (χ2v) is 27.5. The van der Waals surface area contributed by atoms with E-state index in [0.717, 1.165) is 32.4 Å². The number of hydrogen-bond acceptors (Lipinski definition) is 19. The van der Waals surface area contributed by atoms with Crippen molar-refractivity contribution in [2.45, 2.75) is 214 Å². The van der Waals surface area contributed by atoms with Crippen LogP contribution in [0.2, 0.25) is 0 Å². The molecule has 3 aromatic rings. The summed E-state index contributed by atoms with van der Waals surface area (Å²) in [5.41, 5.74) is 7.17. The van der Waals surface area contributed by atoms with Crippen molar-refractivity contribution in [3.05, 3.63) is 71.9 Å². The van der Waals surface area contributed by atoms with Gasteiger partial charge in [-0.25, -0.2) is 4.79 Å². The minimum atomic E-state index is -2.10. The van der Waals surface area contributed by atoms with Gasteiger partial charge in [0.1, 0.15) is 60.2 Å². The lowest BCUT2D eigenvalue weighted by atomic mass is 10.00. The zero-order chi connectivity index (χ0) is 74.6. The number of fused-ring (bicyclic) bond motifs is 2. The summed E-state index contributed by atoms with van der Waals surface area (Å²) in [4.78, 5) is 194. The molecule has 4 heterocycles. The van der Waals surface area contributed by atoms with Crippen LogP contribution in [-0.4, -0.2) is 224 Å². The fourth-order valence-corrected chi connectivity index (χ4v) is 13.5. The van der Waals surface area contributed by atoms with Crippen molar-refractivity contribution < 1.29 is 92.3 Å². The molecule has 6 rings (SSSR count). The molecule has 13 amide bonds. The average molecular weight is 1450 g/mol. The van der Waals surface area contributed by atoms with Gasteiger partial charge in [0.15, 0.2) is 0 Å².